The number of hydrogen-bond donors (Lipinski definition) is 1. The zero-order chi connectivity index (χ0) is 17.1. The Morgan fingerprint density at radius 3 is 2.96 bits per heavy atom. The fourth-order valence-corrected chi connectivity index (χ4v) is 3.74. The van der Waals surface area contributed by atoms with Crippen molar-refractivity contribution in [2.75, 3.05) is 25.0 Å². The second-order valence-corrected chi connectivity index (χ2v) is 6.54. The average Bonchev–Trinajstić information content (AvgIpc) is 2.69. The van der Waals surface area contributed by atoms with Gasteiger partial charge in [-0.25, -0.2) is 4.98 Å². The molecule has 3 atom stereocenters. The zero-order valence-corrected chi connectivity index (χ0v) is 13.9. The summed E-state index contributed by atoms with van der Waals surface area (Å²) in [7, 11) is 0. The smallest absolute Gasteiger partial charge is 0.255 e. The summed E-state index contributed by atoms with van der Waals surface area (Å²) in [6.07, 6.45) is 7.05. The third kappa shape index (κ3) is 3.46. The molecule has 0 spiro atoms. The Labute approximate surface area is 146 Å². The fraction of sp³-hybridized carbons (Fsp3) is 0.444. The molecular formula is C18H21N5O2. The molecule has 2 aromatic heterocycles. The van der Waals surface area contributed by atoms with E-state index in [0.29, 0.717) is 24.6 Å². The van der Waals surface area contributed by atoms with E-state index in [2.05, 4.69) is 20.5 Å². The van der Waals surface area contributed by atoms with E-state index in [-0.39, 0.29) is 18.1 Å². The van der Waals surface area contributed by atoms with E-state index in [9.17, 15) is 4.79 Å². The first-order valence-electron chi connectivity index (χ1n) is 8.66. The number of carbonyl (C=O) groups excluding carboxylic acids is 1. The van der Waals surface area contributed by atoms with Gasteiger partial charge in [-0.15, -0.1) is 0 Å². The molecule has 4 heterocycles. The van der Waals surface area contributed by atoms with E-state index in [1.807, 2.05) is 23.1 Å². The van der Waals surface area contributed by atoms with Gasteiger partial charge in [-0.3, -0.25) is 4.79 Å². The molecule has 0 aliphatic carbocycles. The largest absolute Gasteiger partial charge is 0.376 e. The molecule has 2 aromatic rings. The fourth-order valence-electron chi connectivity index (χ4n) is 3.74. The number of piperidine rings is 1. The van der Waals surface area contributed by atoms with Crippen molar-refractivity contribution in [1.29, 1.82) is 0 Å². The minimum absolute atomic E-state index is 0.00764. The predicted molar refractivity (Wildman–Crippen MR) is 92.0 cm³/mol. The van der Waals surface area contributed by atoms with Gasteiger partial charge in [0, 0.05) is 31.8 Å². The first-order chi connectivity index (χ1) is 12.3. The van der Waals surface area contributed by atoms with Gasteiger partial charge in [0.25, 0.3) is 5.91 Å². The summed E-state index contributed by atoms with van der Waals surface area (Å²) in [6, 6.07) is 7.50. The lowest BCUT2D eigenvalue weighted by atomic mass is 9.85. The van der Waals surface area contributed by atoms with Crippen LogP contribution in [-0.4, -0.2) is 57.8 Å². The van der Waals surface area contributed by atoms with Gasteiger partial charge in [-0.05, 0) is 31.0 Å². The van der Waals surface area contributed by atoms with Crippen LogP contribution in [0.4, 0.5) is 5.82 Å². The first-order valence-corrected chi connectivity index (χ1v) is 8.66. The summed E-state index contributed by atoms with van der Waals surface area (Å²) in [5, 5.41) is 11.0. The third-order valence-corrected chi connectivity index (χ3v) is 4.88. The number of hydrogen-bond acceptors (Lipinski definition) is 6. The van der Waals surface area contributed by atoms with Crippen molar-refractivity contribution in [3.63, 3.8) is 0 Å². The predicted octanol–water partition coefficient (Wildman–Crippen LogP) is 1.60. The van der Waals surface area contributed by atoms with Gasteiger partial charge in [0.1, 0.15) is 5.82 Å². The minimum atomic E-state index is -0.00764. The minimum Gasteiger partial charge on any atom is -0.376 e. The maximum absolute atomic E-state index is 12.8. The van der Waals surface area contributed by atoms with Gasteiger partial charge in [-0.2, -0.15) is 10.2 Å². The number of rotatable bonds is 3. The van der Waals surface area contributed by atoms with E-state index >= 15 is 0 Å². The van der Waals surface area contributed by atoms with Crippen molar-refractivity contribution in [2.45, 2.75) is 25.0 Å². The van der Waals surface area contributed by atoms with Crippen LogP contribution in [0.3, 0.4) is 0 Å². The second-order valence-electron chi connectivity index (χ2n) is 6.54. The number of amides is 1. The summed E-state index contributed by atoms with van der Waals surface area (Å²) in [6.45, 7) is 2.08. The van der Waals surface area contributed by atoms with Crippen LogP contribution < -0.4 is 5.32 Å². The highest BCUT2D eigenvalue weighted by molar-refractivity contribution is 5.94. The summed E-state index contributed by atoms with van der Waals surface area (Å²) in [5.41, 5.74) is 0.571. The number of fused-ring (bicyclic) bond motifs is 1. The summed E-state index contributed by atoms with van der Waals surface area (Å²) in [5.74, 6) is 1.13. The van der Waals surface area contributed by atoms with E-state index in [4.69, 9.17) is 4.74 Å². The number of nitrogens with zero attached hydrogens (tertiary/aromatic N) is 4. The maximum Gasteiger partial charge on any atom is 0.255 e. The van der Waals surface area contributed by atoms with Crippen molar-refractivity contribution in [3.05, 3.63) is 48.4 Å². The van der Waals surface area contributed by atoms with Crippen LogP contribution in [0, 0.1) is 5.92 Å². The highest BCUT2D eigenvalue weighted by atomic mass is 16.5. The number of likely N-dealkylation sites (tertiary alicyclic amines) is 1. The Morgan fingerprint density at radius 1 is 1.20 bits per heavy atom. The van der Waals surface area contributed by atoms with Crippen LogP contribution >= 0.6 is 0 Å². The number of carbonyl (C=O) groups is 1. The van der Waals surface area contributed by atoms with E-state index in [1.54, 1.807) is 18.5 Å². The van der Waals surface area contributed by atoms with Crippen molar-refractivity contribution in [3.8, 4) is 0 Å². The Kier molecular flexibility index (Phi) is 4.56. The molecule has 1 amide bonds. The van der Waals surface area contributed by atoms with Crippen LogP contribution in [0.25, 0.3) is 0 Å². The van der Waals surface area contributed by atoms with Gasteiger partial charge < -0.3 is 15.0 Å². The lowest BCUT2D eigenvalue weighted by Crippen LogP contribution is -2.59. The molecule has 7 nitrogen and oxygen atoms in total. The van der Waals surface area contributed by atoms with Gasteiger partial charge in [0.2, 0.25) is 0 Å². The van der Waals surface area contributed by atoms with E-state index in [1.165, 1.54) is 6.20 Å². The van der Waals surface area contributed by atoms with Crippen molar-refractivity contribution in [1.82, 2.24) is 20.1 Å². The van der Waals surface area contributed by atoms with Crippen LogP contribution in [0.5, 0.6) is 0 Å². The van der Waals surface area contributed by atoms with Crippen LogP contribution in [0.1, 0.15) is 23.2 Å². The second kappa shape index (κ2) is 7.14. The molecule has 130 valence electrons. The lowest BCUT2D eigenvalue weighted by Gasteiger charge is -2.46. The van der Waals surface area contributed by atoms with Crippen LogP contribution in [0.2, 0.25) is 0 Å². The molecule has 4 rings (SSSR count). The van der Waals surface area contributed by atoms with Gasteiger partial charge in [0.05, 0.1) is 30.1 Å². The number of ether oxygens (including phenoxy) is 1. The number of pyridine rings is 1. The van der Waals surface area contributed by atoms with Gasteiger partial charge >= 0.3 is 0 Å². The molecule has 0 bridgehead atoms. The normalized spacial score (nSPS) is 25.9. The number of nitrogens with one attached hydrogen (secondary N) is 1. The standard InChI is InChI=1S/C18H21N5O2/c24-18(13-6-8-20-21-10-13)23-11-14-4-3-9-25-17(14)15(12-23)22-16-5-1-2-7-19-16/h1-2,5-8,10,14-15,17H,3-4,9,11-12H2,(H,19,22)/t14-,15+,17-/m0/s1. The first kappa shape index (κ1) is 16.0. The Bertz CT molecular complexity index is 712. The average molecular weight is 339 g/mol. The van der Waals surface area contributed by atoms with Crippen molar-refractivity contribution in [2.24, 2.45) is 5.92 Å². The van der Waals surface area contributed by atoms with Crippen LogP contribution in [-0.2, 0) is 4.74 Å². The molecular weight excluding hydrogens is 318 g/mol. The monoisotopic (exact) mass is 339 g/mol. The molecule has 0 aromatic carbocycles. The van der Waals surface area contributed by atoms with Gasteiger partial charge in [-0.1, -0.05) is 6.07 Å². The molecule has 1 N–H and O–H groups in total. The highest BCUT2D eigenvalue weighted by Crippen LogP contribution is 2.30. The van der Waals surface area contributed by atoms with Crippen molar-refractivity contribution >= 4 is 11.7 Å². The van der Waals surface area contributed by atoms with E-state index < -0.39 is 0 Å². The topological polar surface area (TPSA) is 80.2 Å². The summed E-state index contributed by atoms with van der Waals surface area (Å²) < 4.78 is 6.05. The molecule has 2 aliphatic heterocycles. The highest BCUT2D eigenvalue weighted by Gasteiger charge is 2.41. The Morgan fingerprint density at radius 2 is 2.16 bits per heavy atom. The SMILES string of the molecule is O=C(c1ccnnc1)N1C[C@@H]2CCCO[C@@H]2[C@H](Nc2ccccn2)C1. The molecule has 7 heteroatoms. The molecule has 2 saturated heterocycles. The Balaban J connectivity index is 1.55. The molecule has 25 heavy (non-hydrogen) atoms. The Hall–Kier alpha value is -2.54. The van der Waals surface area contributed by atoms with Crippen LogP contribution in [0.15, 0.2) is 42.9 Å². The lowest BCUT2D eigenvalue weighted by molar-refractivity contribution is -0.0676. The summed E-state index contributed by atoms with van der Waals surface area (Å²) >= 11 is 0. The molecule has 2 aliphatic rings. The quantitative estimate of drug-likeness (QED) is 0.915. The van der Waals surface area contributed by atoms with E-state index in [0.717, 1.165) is 25.3 Å². The van der Waals surface area contributed by atoms with Crippen molar-refractivity contribution < 1.29 is 9.53 Å². The molecule has 0 radical (unpaired) electrons. The number of anilines is 1. The summed E-state index contributed by atoms with van der Waals surface area (Å²) in [4.78, 5) is 19.1. The number of aromatic nitrogens is 3. The third-order valence-electron chi connectivity index (χ3n) is 4.88. The zero-order valence-electron chi connectivity index (χ0n) is 13.9. The van der Waals surface area contributed by atoms with Gasteiger partial charge in [0.15, 0.2) is 0 Å². The maximum atomic E-state index is 12.8. The molecule has 0 saturated carbocycles. The molecule has 0 unspecified atom stereocenters. The molecule has 2 fully saturated rings.